The van der Waals surface area contributed by atoms with Crippen LogP contribution in [0.1, 0.15) is 10.5 Å². The molecule has 92 valence electrons. The average Bonchev–Trinajstić information content (AvgIpc) is 2.34. The highest BCUT2D eigenvalue weighted by atomic mass is 19.1. The summed E-state index contributed by atoms with van der Waals surface area (Å²) in [6, 6.07) is 1.54. The summed E-state index contributed by atoms with van der Waals surface area (Å²) in [5, 5.41) is 2.21. The van der Waals surface area contributed by atoms with Crippen molar-refractivity contribution >= 4 is 17.3 Å². The maximum Gasteiger partial charge on any atom is 0.275 e. The van der Waals surface area contributed by atoms with Crippen molar-refractivity contribution in [3.05, 3.63) is 48.1 Å². The summed E-state index contributed by atoms with van der Waals surface area (Å²) < 4.78 is 26.2. The minimum atomic E-state index is -0.954. The lowest BCUT2D eigenvalue weighted by atomic mass is 10.2. The van der Waals surface area contributed by atoms with Gasteiger partial charge in [-0.25, -0.2) is 13.8 Å². The van der Waals surface area contributed by atoms with E-state index >= 15 is 0 Å². The van der Waals surface area contributed by atoms with Crippen molar-refractivity contribution in [2.75, 3.05) is 11.1 Å². The SMILES string of the molecule is Nc1cc(F)cc(F)c1NC(=O)c1cnccn1. The summed E-state index contributed by atoms with van der Waals surface area (Å²) in [7, 11) is 0. The Morgan fingerprint density at radius 2 is 2.06 bits per heavy atom. The second-order valence-corrected chi connectivity index (χ2v) is 3.40. The molecule has 0 bridgehead atoms. The van der Waals surface area contributed by atoms with Crippen LogP contribution in [0.25, 0.3) is 0 Å². The molecule has 0 spiro atoms. The zero-order chi connectivity index (χ0) is 13.1. The molecular formula is C11H8F2N4O. The summed E-state index contributed by atoms with van der Waals surface area (Å²) in [6.45, 7) is 0. The van der Waals surface area contributed by atoms with Crippen LogP contribution < -0.4 is 11.1 Å². The molecule has 1 aromatic heterocycles. The van der Waals surface area contributed by atoms with Crippen LogP contribution in [0.15, 0.2) is 30.7 Å². The molecule has 0 saturated heterocycles. The predicted octanol–water partition coefficient (Wildman–Crippen LogP) is 1.59. The number of rotatable bonds is 2. The topological polar surface area (TPSA) is 80.9 Å². The van der Waals surface area contributed by atoms with Gasteiger partial charge in [0.15, 0.2) is 5.82 Å². The predicted molar refractivity (Wildman–Crippen MR) is 60.8 cm³/mol. The van der Waals surface area contributed by atoms with E-state index in [-0.39, 0.29) is 17.1 Å². The Morgan fingerprint density at radius 3 is 2.67 bits per heavy atom. The van der Waals surface area contributed by atoms with Crippen molar-refractivity contribution < 1.29 is 13.6 Å². The lowest BCUT2D eigenvalue weighted by Crippen LogP contribution is -2.16. The second kappa shape index (κ2) is 4.74. The van der Waals surface area contributed by atoms with E-state index in [1.165, 1.54) is 18.6 Å². The third-order valence-corrected chi connectivity index (χ3v) is 2.12. The molecule has 0 aliphatic rings. The van der Waals surface area contributed by atoms with Crippen LogP contribution in [-0.2, 0) is 0 Å². The van der Waals surface area contributed by atoms with E-state index in [4.69, 9.17) is 5.73 Å². The highest BCUT2D eigenvalue weighted by molar-refractivity contribution is 6.04. The van der Waals surface area contributed by atoms with Gasteiger partial charge in [0.25, 0.3) is 5.91 Å². The van der Waals surface area contributed by atoms with Crippen molar-refractivity contribution in [2.45, 2.75) is 0 Å². The van der Waals surface area contributed by atoms with E-state index in [0.717, 1.165) is 6.07 Å². The van der Waals surface area contributed by atoms with Crippen molar-refractivity contribution in [1.82, 2.24) is 9.97 Å². The van der Waals surface area contributed by atoms with Crippen molar-refractivity contribution in [1.29, 1.82) is 0 Å². The number of carbonyl (C=O) groups is 1. The van der Waals surface area contributed by atoms with Crippen molar-refractivity contribution in [2.24, 2.45) is 0 Å². The van der Waals surface area contributed by atoms with Gasteiger partial charge < -0.3 is 11.1 Å². The summed E-state index contributed by atoms with van der Waals surface area (Å²) in [5.41, 5.74) is 4.93. The fourth-order valence-corrected chi connectivity index (χ4v) is 1.32. The van der Waals surface area contributed by atoms with Crippen LogP contribution >= 0.6 is 0 Å². The maximum absolute atomic E-state index is 13.4. The minimum Gasteiger partial charge on any atom is -0.397 e. The van der Waals surface area contributed by atoms with Gasteiger partial charge >= 0.3 is 0 Å². The van der Waals surface area contributed by atoms with Gasteiger partial charge in [0.2, 0.25) is 0 Å². The van der Waals surface area contributed by atoms with Gasteiger partial charge in [-0.15, -0.1) is 0 Å². The quantitative estimate of drug-likeness (QED) is 0.793. The Balaban J connectivity index is 2.28. The van der Waals surface area contributed by atoms with E-state index in [1.807, 2.05) is 0 Å². The van der Waals surface area contributed by atoms with Gasteiger partial charge in [-0.05, 0) is 6.07 Å². The number of nitrogens with zero attached hydrogens (tertiary/aromatic N) is 2. The number of benzene rings is 1. The Kier molecular flexibility index (Phi) is 3.13. The maximum atomic E-state index is 13.4. The number of nitrogen functional groups attached to an aromatic ring is 1. The van der Waals surface area contributed by atoms with Crippen LogP contribution in [0.4, 0.5) is 20.2 Å². The van der Waals surface area contributed by atoms with E-state index in [9.17, 15) is 13.6 Å². The Morgan fingerprint density at radius 1 is 1.28 bits per heavy atom. The van der Waals surface area contributed by atoms with Gasteiger partial charge in [-0.3, -0.25) is 9.78 Å². The van der Waals surface area contributed by atoms with Crippen LogP contribution in [-0.4, -0.2) is 15.9 Å². The Hall–Kier alpha value is -2.57. The Bertz CT molecular complexity index is 566. The molecule has 7 heteroatoms. The normalized spacial score (nSPS) is 10.1. The number of hydrogen-bond donors (Lipinski definition) is 2. The van der Waals surface area contributed by atoms with E-state index in [2.05, 4.69) is 15.3 Å². The minimum absolute atomic E-state index is 0.000579. The zero-order valence-corrected chi connectivity index (χ0v) is 9.02. The molecule has 3 N–H and O–H groups in total. The second-order valence-electron chi connectivity index (χ2n) is 3.40. The molecule has 1 amide bonds. The molecule has 0 fully saturated rings. The summed E-state index contributed by atoms with van der Waals surface area (Å²) in [6.07, 6.45) is 3.93. The van der Waals surface area contributed by atoms with Crippen molar-refractivity contribution in [3.8, 4) is 0 Å². The van der Waals surface area contributed by atoms with Gasteiger partial charge in [0, 0.05) is 18.5 Å². The van der Waals surface area contributed by atoms with Gasteiger partial charge in [-0.1, -0.05) is 0 Å². The van der Waals surface area contributed by atoms with Gasteiger partial charge in [0.05, 0.1) is 11.9 Å². The third-order valence-electron chi connectivity index (χ3n) is 2.12. The molecule has 1 heterocycles. The zero-order valence-electron chi connectivity index (χ0n) is 9.02. The monoisotopic (exact) mass is 250 g/mol. The molecule has 0 aliphatic carbocycles. The fourth-order valence-electron chi connectivity index (χ4n) is 1.32. The number of halogens is 2. The first-order valence-electron chi connectivity index (χ1n) is 4.90. The fraction of sp³-hybridized carbons (Fsp3) is 0. The third kappa shape index (κ3) is 2.40. The highest BCUT2D eigenvalue weighted by Crippen LogP contribution is 2.24. The van der Waals surface area contributed by atoms with Crippen LogP contribution in [0.2, 0.25) is 0 Å². The van der Waals surface area contributed by atoms with Crippen LogP contribution in [0, 0.1) is 11.6 Å². The molecule has 2 rings (SSSR count). The lowest BCUT2D eigenvalue weighted by Gasteiger charge is -2.08. The van der Waals surface area contributed by atoms with E-state index in [1.54, 1.807) is 0 Å². The molecule has 0 unspecified atom stereocenters. The van der Waals surface area contributed by atoms with Gasteiger partial charge in [0.1, 0.15) is 17.2 Å². The smallest absolute Gasteiger partial charge is 0.275 e. The average molecular weight is 250 g/mol. The molecule has 2 aromatic rings. The molecular weight excluding hydrogens is 242 g/mol. The molecule has 0 saturated carbocycles. The summed E-state index contributed by atoms with van der Waals surface area (Å²) in [5.74, 6) is -2.45. The van der Waals surface area contributed by atoms with Crippen LogP contribution in [0.3, 0.4) is 0 Å². The molecule has 5 nitrogen and oxygen atoms in total. The Labute approximate surface area is 101 Å². The molecule has 0 atom stereocenters. The number of amides is 1. The number of aromatic nitrogens is 2. The highest BCUT2D eigenvalue weighted by Gasteiger charge is 2.14. The standard InChI is InChI=1S/C11H8F2N4O/c12-6-3-7(13)10(8(14)4-6)17-11(18)9-5-15-1-2-16-9/h1-5H,14H2,(H,17,18). The summed E-state index contributed by atoms with van der Waals surface area (Å²) in [4.78, 5) is 19.1. The number of nitrogens with one attached hydrogen (secondary N) is 1. The van der Waals surface area contributed by atoms with E-state index in [0.29, 0.717) is 6.07 Å². The summed E-state index contributed by atoms with van der Waals surface area (Å²) >= 11 is 0. The molecule has 1 aromatic carbocycles. The largest absolute Gasteiger partial charge is 0.397 e. The molecule has 0 radical (unpaired) electrons. The molecule has 0 aliphatic heterocycles. The number of nitrogens with two attached hydrogens (primary N) is 1. The van der Waals surface area contributed by atoms with E-state index < -0.39 is 17.5 Å². The first kappa shape index (κ1) is 11.9. The van der Waals surface area contributed by atoms with Gasteiger partial charge in [-0.2, -0.15) is 0 Å². The first-order chi connectivity index (χ1) is 8.58. The van der Waals surface area contributed by atoms with Crippen molar-refractivity contribution in [3.63, 3.8) is 0 Å². The van der Waals surface area contributed by atoms with Crippen LogP contribution in [0.5, 0.6) is 0 Å². The number of carbonyl (C=O) groups excluding carboxylic acids is 1. The number of anilines is 2. The number of hydrogen-bond acceptors (Lipinski definition) is 4. The molecule has 18 heavy (non-hydrogen) atoms. The lowest BCUT2D eigenvalue weighted by molar-refractivity contribution is 0.102. The first-order valence-corrected chi connectivity index (χ1v) is 4.90.